The molecule has 0 saturated heterocycles. The Kier molecular flexibility index (Phi) is 7.13. The summed E-state index contributed by atoms with van der Waals surface area (Å²) in [5.41, 5.74) is -1.11. The van der Waals surface area contributed by atoms with E-state index in [0.29, 0.717) is 53.8 Å². The molecule has 5 heteroatoms. The molecular formula is C33H52O5. The molecule has 0 aliphatic heterocycles. The Morgan fingerprint density at radius 1 is 1.03 bits per heavy atom. The number of carbonyl (C=O) groups is 2. The van der Waals surface area contributed by atoms with E-state index in [4.69, 9.17) is 0 Å². The van der Waals surface area contributed by atoms with Gasteiger partial charge in [0.1, 0.15) is 17.5 Å². The molecule has 0 bridgehead atoms. The van der Waals surface area contributed by atoms with Crippen LogP contribution in [-0.2, 0) is 9.59 Å². The molecule has 11 unspecified atom stereocenters. The van der Waals surface area contributed by atoms with Crippen LogP contribution in [0.1, 0.15) is 106 Å². The molecule has 5 aliphatic carbocycles. The number of rotatable bonds is 3. The van der Waals surface area contributed by atoms with Crippen molar-refractivity contribution in [1.29, 1.82) is 0 Å². The summed E-state index contributed by atoms with van der Waals surface area (Å²) in [5, 5.41) is 34.1. The minimum atomic E-state index is -1.50. The monoisotopic (exact) mass is 528 g/mol. The Morgan fingerprint density at radius 3 is 2.24 bits per heavy atom. The molecule has 0 radical (unpaired) electrons. The summed E-state index contributed by atoms with van der Waals surface area (Å²) < 4.78 is 0. The van der Waals surface area contributed by atoms with Crippen molar-refractivity contribution in [3.05, 3.63) is 11.1 Å². The van der Waals surface area contributed by atoms with Gasteiger partial charge in [0.2, 0.25) is 0 Å². The average molecular weight is 529 g/mol. The summed E-state index contributed by atoms with van der Waals surface area (Å²) in [5.74, 6) is 1.71. The van der Waals surface area contributed by atoms with Gasteiger partial charge in [-0.15, -0.1) is 0 Å². The number of ketones is 2. The Morgan fingerprint density at radius 2 is 1.66 bits per heavy atom. The minimum Gasteiger partial charge on any atom is -0.393 e. The molecule has 0 aromatic carbocycles. The van der Waals surface area contributed by atoms with E-state index in [2.05, 4.69) is 20.8 Å². The molecule has 5 aliphatic rings. The molecule has 11 atom stereocenters. The molecule has 38 heavy (non-hydrogen) atoms. The van der Waals surface area contributed by atoms with Crippen LogP contribution in [0.15, 0.2) is 11.1 Å². The lowest BCUT2D eigenvalue weighted by Crippen LogP contribution is -2.72. The van der Waals surface area contributed by atoms with Gasteiger partial charge >= 0.3 is 0 Å². The second-order valence-corrected chi connectivity index (χ2v) is 15.2. The maximum absolute atomic E-state index is 14.6. The largest absolute Gasteiger partial charge is 0.393 e. The van der Waals surface area contributed by atoms with Crippen LogP contribution in [0.25, 0.3) is 0 Å². The Balaban J connectivity index is 1.50. The van der Waals surface area contributed by atoms with E-state index in [-0.39, 0.29) is 29.1 Å². The Hall–Kier alpha value is -1.04. The van der Waals surface area contributed by atoms with Crippen molar-refractivity contribution < 1.29 is 24.9 Å². The first-order chi connectivity index (χ1) is 17.7. The van der Waals surface area contributed by atoms with Crippen molar-refractivity contribution in [2.75, 3.05) is 0 Å². The number of aliphatic hydroxyl groups excluding tert-OH is 2. The fourth-order valence-corrected chi connectivity index (χ4v) is 11.4. The fourth-order valence-electron chi connectivity index (χ4n) is 11.4. The normalized spacial score (nSPS) is 52.1. The van der Waals surface area contributed by atoms with E-state index in [1.807, 2.05) is 20.8 Å². The van der Waals surface area contributed by atoms with Gasteiger partial charge in [0, 0.05) is 22.8 Å². The van der Waals surface area contributed by atoms with Gasteiger partial charge in [0.05, 0.1) is 6.10 Å². The topological polar surface area (TPSA) is 94.8 Å². The minimum absolute atomic E-state index is 0.0157. The van der Waals surface area contributed by atoms with Gasteiger partial charge in [-0.2, -0.15) is 0 Å². The lowest BCUT2D eigenvalue weighted by Gasteiger charge is -2.67. The van der Waals surface area contributed by atoms with E-state index < -0.39 is 23.0 Å². The van der Waals surface area contributed by atoms with E-state index >= 15 is 0 Å². The summed E-state index contributed by atoms with van der Waals surface area (Å²) in [6.07, 6.45) is 7.54. The lowest BCUT2D eigenvalue weighted by molar-refractivity contribution is -0.251. The predicted molar refractivity (Wildman–Crippen MR) is 148 cm³/mol. The molecule has 5 nitrogen and oxygen atoms in total. The number of hydrogen-bond acceptors (Lipinski definition) is 5. The third-order valence-corrected chi connectivity index (χ3v) is 12.9. The SMILES string of the molecule is CC(=O)C1=C(C)CC2(C)CC3(C)CC4C(C5CCC(C(C)O)CC5)CCC(C)C4C(=O)C3C(C)C2(O)C1O. The second kappa shape index (κ2) is 9.52. The molecule has 0 spiro atoms. The maximum atomic E-state index is 14.6. The predicted octanol–water partition coefficient (Wildman–Crippen LogP) is 5.49. The number of allylic oxidation sites excluding steroid dienone is 1. The van der Waals surface area contributed by atoms with Crippen LogP contribution < -0.4 is 0 Å². The molecular weight excluding hydrogens is 476 g/mol. The van der Waals surface area contributed by atoms with Gasteiger partial charge < -0.3 is 15.3 Å². The summed E-state index contributed by atoms with van der Waals surface area (Å²) >= 11 is 0. The molecule has 4 saturated carbocycles. The molecule has 5 rings (SSSR count). The quantitative estimate of drug-likeness (QED) is 0.450. The molecule has 0 heterocycles. The van der Waals surface area contributed by atoms with Crippen LogP contribution >= 0.6 is 0 Å². The number of hydrogen-bond donors (Lipinski definition) is 3. The van der Waals surface area contributed by atoms with Gasteiger partial charge in [-0.1, -0.05) is 33.3 Å². The molecule has 3 N–H and O–H groups in total. The van der Waals surface area contributed by atoms with Gasteiger partial charge in [-0.3, -0.25) is 9.59 Å². The van der Waals surface area contributed by atoms with Crippen molar-refractivity contribution in [1.82, 2.24) is 0 Å². The van der Waals surface area contributed by atoms with Crippen LogP contribution in [0.3, 0.4) is 0 Å². The molecule has 0 aromatic heterocycles. The third kappa shape index (κ3) is 3.96. The number of fused-ring (bicyclic) bond motifs is 3. The molecule has 4 fully saturated rings. The second-order valence-electron chi connectivity index (χ2n) is 15.2. The van der Waals surface area contributed by atoms with Crippen molar-refractivity contribution >= 4 is 11.6 Å². The van der Waals surface area contributed by atoms with Crippen LogP contribution in [0, 0.1) is 58.2 Å². The Labute approximate surface area is 229 Å². The highest BCUT2D eigenvalue weighted by atomic mass is 16.3. The zero-order valence-corrected chi connectivity index (χ0v) is 24.8. The van der Waals surface area contributed by atoms with Crippen molar-refractivity contribution in [3.63, 3.8) is 0 Å². The summed E-state index contributed by atoms with van der Waals surface area (Å²) in [7, 11) is 0. The number of carbonyl (C=O) groups excluding carboxylic acids is 2. The highest BCUT2D eigenvalue weighted by molar-refractivity contribution is 5.96. The number of aliphatic hydroxyl groups is 3. The zero-order chi connectivity index (χ0) is 27.9. The molecule has 0 aromatic rings. The van der Waals surface area contributed by atoms with Gasteiger partial charge in [0.25, 0.3) is 0 Å². The fraction of sp³-hybridized carbons (Fsp3) is 0.879. The molecule has 0 amide bonds. The summed E-state index contributed by atoms with van der Waals surface area (Å²) in [4.78, 5) is 27.1. The van der Waals surface area contributed by atoms with Gasteiger partial charge in [0.15, 0.2) is 5.78 Å². The summed E-state index contributed by atoms with van der Waals surface area (Å²) in [6, 6.07) is 0. The third-order valence-electron chi connectivity index (χ3n) is 12.9. The first-order valence-electron chi connectivity index (χ1n) is 15.5. The first-order valence-corrected chi connectivity index (χ1v) is 15.5. The van der Waals surface area contributed by atoms with Gasteiger partial charge in [-0.05, 0) is 119 Å². The highest BCUT2D eigenvalue weighted by Gasteiger charge is 2.70. The number of Topliss-reactive ketones (excluding diaryl/α,β-unsaturated/α-hetero) is 2. The van der Waals surface area contributed by atoms with Crippen molar-refractivity contribution in [2.45, 2.75) is 124 Å². The van der Waals surface area contributed by atoms with Crippen molar-refractivity contribution in [3.8, 4) is 0 Å². The lowest BCUT2D eigenvalue weighted by atomic mass is 9.38. The Bertz CT molecular complexity index is 1010. The standard InChI is InChI=1S/C33H52O5/c1-17-8-13-24(23-11-9-22(10-12-23)20(4)34)25-15-31(6)16-32(7)14-18(2)26(21(5)35)30(37)33(32,38)19(3)28(31)29(36)27(17)25/h17,19-20,22-25,27-28,30,34,37-38H,8-16H2,1-7H3. The van der Waals surface area contributed by atoms with Crippen LogP contribution in [0.4, 0.5) is 0 Å². The maximum Gasteiger partial charge on any atom is 0.158 e. The first kappa shape index (κ1) is 28.5. The van der Waals surface area contributed by atoms with E-state index in [1.54, 1.807) is 0 Å². The summed E-state index contributed by atoms with van der Waals surface area (Å²) in [6.45, 7) is 13.9. The molecule has 214 valence electrons. The van der Waals surface area contributed by atoms with Crippen molar-refractivity contribution in [2.24, 2.45) is 58.2 Å². The smallest absolute Gasteiger partial charge is 0.158 e. The van der Waals surface area contributed by atoms with Crippen LogP contribution in [-0.4, -0.2) is 44.7 Å². The average Bonchev–Trinajstić information content (AvgIpc) is 2.81. The highest BCUT2D eigenvalue weighted by Crippen LogP contribution is 2.68. The van der Waals surface area contributed by atoms with E-state index in [0.717, 1.165) is 44.1 Å². The van der Waals surface area contributed by atoms with E-state index in [9.17, 15) is 24.9 Å². The van der Waals surface area contributed by atoms with E-state index in [1.165, 1.54) is 13.3 Å². The zero-order valence-electron chi connectivity index (χ0n) is 24.8. The van der Waals surface area contributed by atoms with Crippen LogP contribution in [0.2, 0.25) is 0 Å². The van der Waals surface area contributed by atoms with Gasteiger partial charge in [-0.25, -0.2) is 0 Å². The van der Waals surface area contributed by atoms with Crippen LogP contribution in [0.5, 0.6) is 0 Å².